The Hall–Kier alpha value is -4.32. The summed E-state index contributed by atoms with van der Waals surface area (Å²) in [5, 5.41) is 7.50. The summed E-state index contributed by atoms with van der Waals surface area (Å²) in [6, 6.07) is 15.1. The number of aromatic nitrogens is 2. The molecule has 2 aromatic carbocycles. The topological polar surface area (TPSA) is 174 Å². The maximum Gasteiger partial charge on any atom is 0.247 e. The van der Waals surface area contributed by atoms with Crippen LogP contribution in [0.2, 0.25) is 0 Å². The van der Waals surface area contributed by atoms with E-state index in [1.807, 2.05) is 72.4 Å². The van der Waals surface area contributed by atoms with E-state index in [2.05, 4.69) is 15.6 Å². The van der Waals surface area contributed by atoms with Gasteiger partial charge in [0, 0.05) is 62.1 Å². The van der Waals surface area contributed by atoms with E-state index in [1.54, 1.807) is 6.20 Å². The first kappa shape index (κ1) is 28.7. The van der Waals surface area contributed by atoms with Crippen LogP contribution >= 0.6 is 0 Å². The lowest BCUT2D eigenvalue weighted by molar-refractivity contribution is -0.134. The van der Waals surface area contributed by atoms with Crippen molar-refractivity contribution in [1.29, 1.82) is 0 Å². The van der Waals surface area contributed by atoms with Gasteiger partial charge in [-0.1, -0.05) is 36.4 Å². The van der Waals surface area contributed by atoms with E-state index in [0.29, 0.717) is 18.8 Å². The van der Waals surface area contributed by atoms with Crippen LogP contribution in [0.3, 0.4) is 0 Å². The summed E-state index contributed by atoms with van der Waals surface area (Å²) < 4.78 is 1.97. The standard InChI is InChI=1S/C29H36N8O3/c1-36-18-20(22-7-3-5-9-26(22)36)15-25(29(40)34-21-14-19-6-2-4-8-24(19)33-17-21)35-28(39)23(32)16-27(38)37(12-10-30)13-11-31/h2-9,14,17-18,23,25H,10-13,15-16,30-32H2,1H3,(H,34,40)(H,35,39)/t23-,25-/m0/s1. The van der Waals surface area contributed by atoms with Crippen molar-refractivity contribution in [2.75, 3.05) is 31.5 Å². The Labute approximate surface area is 232 Å². The molecule has 8 N–H and O–H groups in total. The summed E-state index contributed by atoms with van der Waals surface area (Å²) in [6.45, 7) is 1.17. The maximum atomic E-state index is 13.6. The van der Waals surface area contributed by atoms with Crippen molar-refractivity contribution in [2.45, 2.75) is 24.9 Å². The molecule has 0 aliphatic carbocycles. The minimum Gasteiger partial charge on any atom is -0.350 e. The molecule has 11 nitrogen and oxygen atoms in total. The Balaban J connectivity index is 1.54. The number of carbonyl (C=O) groups is 3. The molecule has 0 saturated carbocycles. The SMILES string of the molecule is Cn1cc(C[C@H](NC(=O)[C@@H](N)CC(=O)N(CCN)CCN)C(=O)Nc2cnc3ccccc3c2)c2ccccc21. The highest BCUT2D eigenvalue weighted by Crippen LogP contribution is 2.22. The molecule has 11 heteroatoms. The minimum absolute atomic E-state index is 0.215. The van der Waals surface area contributed by atoms with Crippen LogP contribution in [0.1, 0.15) is 12.0 Å². The van der Waals surface area contributed by atoms with Crippen LogP contribution in [-0.4, -0.2) is 70.4 Å². The highest BCUT2D eigenvalue weighted by atomic mass is 16.2. The van der Waals surface area contributed by atoms with Crippen LogP contribution < -0.4 is 27.8 Å². The fraction of sp³-hybridized carbons (Fsp3) is 0.310. The molecule has 0 aliphatic heterocycles. The van der Waals surface area contributed by atoms with Crippen molar-refractivity contribution in [2.24, 2.45) is 24.2 Å². The van der Waals surface area contributed by atoms with Crippen molar-refractivity contribution in [3.63, 3.8) is 0 Å². The quantitative estimate of drug-likeness (QED) is 0.176. The first-order valence-electron chi connectivity index (χ1n) is 13.2. The second kappa shape index (κ2) is 13.2. The van der Waals surface area contributed by atoms with Crippen LogP contribution in [0.25, 0.3) is 21.8 Å². The van der Waals surface area contributed by atoms with Gasteiger partial charge in [-0.3, -0.25) is 19.4 Å². The molecule has 0 bridgehead atoms. The van der Waals surface area contributed by atoms with Gasteiger partial charge in [0.25, 0.3) is 0 Å². The van der Waals surface area contributed by atoms with Gasteiger partial charge >= 0.3 is 0 Å². The summed E-state index contributed by atoms with van der Waals surface area (Å²) in [5.74, 6) is -1.36. The van der Waals surface area contributed by atoms with Crippen LogP contribution in [0.4, 0.5) is 5.69 Å². The van der Waals surface area contributed by atoms with Crippen LogP contribution in [-0.2, 0) is 27.9 Å². The zero-order chi connectivity index (χ0) is 28.6. The van der Waals surface area contributed by atoms with Crippen LogP contribution in [0.15, 0.2) is 67.0 Å². The summed E-state index contributed by atoms with van der Waals surface area (Å²) in [4.78, 5) is 45.3. The van der Waals surface area contributed by atoms with E-state index < -0.39 is 23.9 Å². The lowest BCUT2D eigenvalue weighted by Crippen LogP contribution is -2.52. The molecule has 210 valence electrons. The Morgan fingerprint density at radius 2 is 1.70 bits per heavy atom. The molecule has 0 fully saturated rings. The number of hydrogen-bond donors (Lipinski definition) is 5. The van der Waals surface area contributed by atoms with Gasteiger partial charge in [0.15, 0.2) is 0 Å². The molecule has 2 aromatic heterocycles. The third kappa shape index (κ3) is 6.81. The fourth-order valence-corrected chi connectivity index (χ4v) is 4.75. The Morgan fingerprint density at radius 3 is 2.45 bits per heavy atom. The van der Waals surface area contributed by atoms with E-state index in [-0.39, 0.29) is 31.8 Å². The normalized spacial score (nSPS) is 12.7. The third-order valence-electron chi connectivity index (χ3n) is 6.78. The molecule has 0 saturated heterocycles. The van der Waals surface area contributed by atoms with Crippen molar-refractivity contribution < 1.29 is 14.4 Å². The molecule has 0 aliphatic rings. The summed E-state index contributed by atoms with van der Waals surface area (Å²) >= 11 is 0. The highest BCUT2D eigenvalue weighted by molar-refractivity contribution is 6.00. The average molecular weight is 545 g/mol. The fourth-order valence-electron chi connectivity index (χ4n) is 4.75. The van der Waals surface area contributed by atoms with Gasteiger partial charge in [-0.25, -0.2) is 0 Å². The van der Waals surface area contributed by atoms with Crippen molar-refractivity contribution in [1.82, 2.24) is 19.8 Å². The third-order valence-corrected chi connectivity index (χ3v) is 6.78. The van der Waals surface area contributed by atoms with Gasteiger partial charge < -0.3 is 37.3 Å². The number of fused-ring (bicyclic) bond motifs is 2. The molecule has 2 heterocycles. The smallest absolute Gasteiger partial charge is 0.247 e. The number of pyridine rings is 1. The zero-order valence-corrected chi connectivity index (χ0v) is 22.5. The number of aryl methyl sites for hydroxylation is 1. The lowest BCUT2D eigenvalue weighted by Gasteiger charge is -2.24. The van der Waals surface area contributed by atoms with E-state index >= 15 is 0 Å². The van der Waals surface area contributed by atoms with Crippen molar-refractivity contribution in [3.8, 4) is 0 Å². The first-order valence-corrected chi connectivity index (χ1v) is 13.2. The average Bonchev–Trinajstić information content (AvgIpc) is 3.27. The van der Waals surface area contributed by atoms with E-state index in [1.165, 1.54) is 4.90 Å². The number of hydrogen-bond acceptors (Lipinski definition) is 7. The number of nitrogens with two attached hydrogens (primary N) is 3. The molecule has 4 rings (SSSR count). The highest BCUT2D eigenvalue weighted by Gasteiger charge is 2.28. The second-order valence-electron chi connectivity index (χ2n) is 9.72. The molecule has 0 unspecified atom stereocenters. The molecule has 0 radical (unpaired) electrons. The molecular formula is C29H36N8O3. The minimum atomic E-state index is -1.16. The number of rotatable bonds is 12. The molecule has 0 spiro atoms. The Bertz CT molecular complexity index is 1500. The second-order valence-corrected chi connectivity index (χ2v) is 9.72. The monoisotopic (exact) mass is 544 g/mol. The van der Waals surface area contributed by atoms with E-state index in [4.69, 9.17) is 17.2 Å². The molecule has 3 amide bonds. The number of amides is 3. The van der Waals surface area contributed by atoms with Crippen LogP contribution in [0, 0.1) is 0 Å². The summed E-state index contributed by atoms with van der Waals surface area (Å²) in [6.07, 6.45) is 3.50. The van der Waals surface area contributed by atoms with Crippen molar-refractivity contribution in [3.05, 3.63) is 72.6 Å². The first-order chi connectivity index (χ1) is 19.3. The molecule has 2 atom stereocenters. The Morgan fingerprint density at radius 1 is 1.00 bits per heavy atom. The number of nitrogens with zero attached hydrogens (tertiary/aromatic N) is 3. The summed E-state index contributed by atoms with van der Waals surface area (Å²) in [5.41, 5.74) is 20.5. The number of carbonyl (C=O) groups excluding carboxylic acids is 3. The zero-order valence-electron chi connectivity index (χ0n) is 22.5. The lowest BCUT2D eigenvalue weighted by atomic mass is 10.0. The molecular weight excluding hydrogens is 508 g/mol. The van der Waals surface area contributed by atoms with Gasteiger partial charge in [-0.05, 0) is 23.8 Å². The molecule has 40 heavy (non-hydrogen) atoms. The number of nitrogens with one attached hydrogen (secondary N) is 2. The molecule has 4 aromatic rings. The van der Waals surface area contributed by atoms with E-state index in [0.717, 1.165) is 27.4 Å². The van der Waals surface area contributed by atoms with E-state index in [9.17, 15) is 14.4 Å². The van der Waals surface area contributed by atoms with Gasteiger partial charge in [0.1, 0.15) is 6.04 Å². The predicted molar refractivity (Wildman–Crippen MR) is 156 cm³/mol. The summed E-state index contributed by atoms with van der Waals surface area (Å²) in [7, 11) is 1.93. The number of anilines is 1. The van der Waals surface area contributed by atoms with Gasteiger partial charge in [-0.2, -0.15) is 0 Å². The Kier molecular flexibility index (Phi) is 9.43. The predicted octanol–water partition coefficient (Wildman–Crippen LogP) is 0.856. The maximum absolute atomic E-state index is 13.6. The largest absolute Gasteiger partial charge is 0.350 e. The van der Waals surface area contributed by atoms with Gasteiger partial charge in [-0.15, -0.1) is 0 Å². The van der Waals surface area contributed by atoms with Gasteiger partial charge in [0.05, 0.1) is 29.9 Å². The number of para-hydroxylation sites is 2. The van der Waals surface area contributed by atoms with Crippen LogP contribution in [0.5, 0.6) is 0 Å². The van der Waals surface area contributed by atoms with Gasteiger partial charge in [0.2, 0.25) is 17.7 Å². The van der Waals surface area contributed by atoms with Crippen molar-refractivity contribution >= 4 is 45.2 Å². The number of benzene rings is 2.